The quantitative estimate of drug-likeness (QED) is 0.875. The molecule has 0 radical (unpaired) electrons. The Hall–Kier alpha value is -1.42. The zero-order valence-corrected chi connectivity index (χ0v) is 11.4. The minimum absolute atomic E-state index is 0.0897. The molecule has 4 unspecified atom stereocenters. The second kappa shape index (κ2) is 5.70. The summed E-state index contributed by atoms with van der Waals surface area (Å²) in [4.78, 5) is 11.6. The Bertz CT molecular complexity index is 463. The highest BCUT2D eigenvalue weighted by molar-refractivity contribution is 5.78. The van der Waals surface area contributed by atoms with E-state index in [4.69, 9.17) is 5.73 Å². The van der Waals surface area contributed by atoms with Gasteiger partial charge in [-0.15, -0.1) is 0 Å². The predicted molar refractivity (Wildman–Crippen MR) is 73.0 cm³/mol. The van der Waals surface area contributed by atoms with Gasteiger partial charge in [0.1, 0.15) is 5.82 Å². The van der Waals surface area contributed by atoms with Crippen molar-refractivity contribution in [3.63, 3.8) is 0 Å². The second-order valence-corrected chi connectivity index (χ2v) is 5.61. The van der Waals surface area contributed by atoms with Gasteiger partial charge in [-0.2, -0.15) is 0 Å². The first-order valence-corrected chi connectivity index (χ1v) is 6.77. The van der Waals surface area contributed by atoms with Crippen LogP contribution in [0.4, 0.5) is 4.39 Å². The third-order valence-electron chi connectivity index (χ3n) is 4.00. The summed E-state index contributed by atoms with van der Waals surface area (Å²) in [6.07, 6.45) is 1.41. The van der Waals surface area contributed by atoms with Crippen LogP contribution in [-0.4, -0.2) is 18.0 Å². The molecule has 1 fully saturated rings. The third-order valence-corrected chi connectivity index (χ3v) is 4.00. The van der Waals surface area contributed by atoms with Crippen molar-refractivity contribution < 1.29 is 9.18 Å². The number of amides is 1. The average Bonchev–Trinajstić information content (AvgIpc) is 2.30. The standard InChI is InChI=1S/C15H21FN2O/c1-9-7-10(2)18-13(14(9)15(17)19)8-11-5-3-4-6-12(11)16/h3-6,9-10,13-14,18H,7-8H2,1-2H3,(H2,17,19). The van der Waals surface area contributed by atoms with Crippen LogP contribution in [0.5, 0.6) is 0 Å². The Balaban J connectivity index is 2.20. The molecule has 0 saturated carbocycles. The van der Waals surface area contributed by atoms with Gasteiger partial charge in [0.2, 0.25) is 5.91 Å². The van der Waals surface area contributed by atoms with E-state index in [0.29, 0.717) is 18.0 Å². The number of carbonyl (C=O) groups excluding carboxylic acids is 1. The fourth-order valence-electron chi connectivity index (χ4n) is 3.20. The molecule has 1 amide bonds. The molecule has 19 heavy (non-hydrogen) atoms. The van der Waals surface area contributed by atoms with Crippen molar-refractivity contribution in [3.8, 4) is 0 Å². The minimum Gasteiger partial charge on any atom is -0.369 e. The number of carbonyl (C=O) groups is 1. The van der Waals surface area contributed by atoms with Crippen LogP contribution in [0.1, 0.15) is 25.8 Å². The molecular formula is C15H21FN2O. The van der Waals surface area contributed by atoms with Crippen molar-refractivity contribution in [2.45, 2.75) is 38.8 Å². The Kier molecular flexibility index (Phi) is 4.20. The number of primary amides is 1. The monoisotopic (exact) mass is 264 g/mol. The lowest BCUT2D eigenvalue weighted by Crippen LogP contribution is -2.55. The van der Waals surface area contributed by atoms with Crippen molar-refractivity contribution in [1.82, 2.24) is 5.32 Å². The van der Waals surface area contributed by atoms with Gasteiger partial charge in [-0.25, -0.2) is 4.39 Å². The first-order chi connectivity index (χ1) is 8.99. The molecule has 3 N–H and O–H groups in total. The molecule has 0 aromatic heterocycles. The Morgan fingerprint density at radius 2 is 2.11 bits per heavy atom. The van der Waals surface area contributed by atoms with Crippen molar-refractivity contribution in [2.24, 2.45) is 17.6 Å². The first-order valence-electron chi connectivity index (χ1n) is 6.77. The maximum atomic E-state index is 13.7. The number of rotatable bonds is 3. The Labute approximate surface area is 113 Å². The maximum Gasteiger partial charge on any atom is 0.222 e. The fourth-order valence-corrected chi connectivity index (χ4v) is 3.20. The molecule has 1 saturated heterocycles. The fraction of sp³-hybridized carbons (Fsp3) is 0.533. The van der Waals surface area contributed by atoms with Gasteiger partial charge in [-0.1, -0.05) is 25.1 Å². The highest BCUT2D eigenvalue weighted by Gasteiger charge is 2.37. The van der Waals surface area contributed by atoms with Crippen LogP contribution in [0.15, 0.2) is 24.3 Å². The first kappa shape index (κ1) is 14.0. The van der Waals surface area contributed by atoms with Crippen LogP contribution >= 0.6 is 0 Å². The molecule has 4 atom stereocenters. The highest BCUT2D eigenvalue weighted by Crippen LogP contribution is 2.28. The smallest absolute Gasteiger partial charge is 0.222 e. The molecule has 0 spiro atoms. The lowest BCUT2D eigenvalue weighted by molar-refractivity contribution is -0.125. The van der Waals surface area contributed by atoms with Crippen LogP contribution < -0.4 is 11.1 Å². The van der Waals surface area contributed by atoms with E-state index in [9.17, 15) is 9.18 Å². The van der Waals surface area contributed by atoms with Crippen molar-refractivity contribution >= 4 is 5.91 Å². The lowest BCUT2D eigenvalue weighted by Gasteiger charge is -2.39. The van der Waals surface area contributed by atoms with Gasteiger partial charge in [0.15, 0.2) is 0 Å². The number of halogens is 1. The number of nitrogens with one attached hydrogen (secondary N) is 1. The van der Waals surface area contributed by atoms with Crippen molar-refractivity contribution in [1.29, 1.82) is 0 Å². The molecule has 1 aliphatic rings. The topological polar surface area (TPSA) is 55.1 Å². The van der Waals surface area contributed by atoms with Crippen molar-refractivity contribution in [3.05, 3.63) is 35.6 Å². The van der Waals surface area contributed by atoms with E-state index in [0.717, 1.165) is 6.42 Å². The highest BCUT2D eigenvalue weighted by atomic mass is 19.1. The van der Waals surface area contributed by atoms with Gasteiger partial charge < -0.3 is 11.1 Å². The molecule has 1 heterocycles. The van der Waals surface area contributed by atoms with E-state index < -0.39 is 0 Å². The molecular weight excluding hydrogens is 243 g/mol. The molecule has 1 aromatic rings. The number of hydrogen-bond donors (Lipinski definition) is 2. The van der Waals surface area contributed by atoms with Gasteiger partial charge in [-0.05, 0) is 37.3 Å². The van der Waals surface area contributed by atoms with Crippen molar-refractivity contribution in [2.75, 3.05) is 0 Å². The normalized spacial score (nSPS) is 31.1. The van der Waals surface area contributed by atoms with Crippen LogP contribution in [-0.2, 0) is 11.2 Å². The number of hydrogen-bond acceptors (Lipinski definition) is 2. The summed E-state index contributed by atoms with van der Waals surface area (Å²) >= 11 is 0. The van der Waals surface area contributed by atoms with E-state index in [1.807, 2.05) is 13.0 Å². The van der Waals surface area contributed by atoms with Gasteiger partial charge in [0.05, 0.1) is 5.92 Å². The third kappa shape index (κ3) is 3.13. The maximum absolute atomic E-state index is 13.7. The summed E-state index contributed by atoms with van der Waals surface area (Å²) in [5.41, 5.74) is 6.14. The molecule has 1 aromatic carbocycles. The summed E-state index contributed by atoms with van der Waals surface area (Å²) in [5, 5.41) is 3.39. The number of benzene rings is 1. The molecule has 0 aliphatic carbocycles. The van der Waals surface area contributed by atoms with E-state index in [1.165, 1.54) is 6.07 Å². The van der Waals surface area contributed by atoms with E-state index >= 15 is 0 Å². The van der Waals surface area contributed by atoms with Gasteiger partial charge in [0, 0.05) is 12.1 Å². The number of piperidine rings is 1. The summed E-state index contributed by atoms with van der Waals surface area (Å²) in [6.45, 7) is 4.13. The zero-order valence-electron chi connectivity index (χ0n) is 11.4. The van der Waals surface area contributed by atoms with Crippen LogP contribution in [0, 0.1) is 17.7 Å². The van der Waals surface area contributed by atoms with E-state index in [-0.39, 0.29) is 29.6 Å². The van der Waals surface area contributed by atoms with Crippen LogP contribution in [0.2, 0.25) is 0 Å². The minimum atomic E-state index is -0.298. The lowest BCUT2D eigenvalue weighted by atomic mass is 9.77. The van der Waals surface area contributed by atoms with E-state index in [1.54, 1.807) is 12.1 Å². The van der Waals surface area contributed by atoms with E-state index in [2.05, 4.69) is 12.2 Å². The zero-order chi connectivity index (χ0) is 14.0. The Morgan fingerprint density at radius 1 is 1.42 bits per heavy atom. The second-order valence-electron chi connectivity index (χ2n) is 5.61. The predicted octanol–water partition coefficient (Wildman–Crippen LogP) is 1.86. The molecule has 104 valence electrons. The van der Waals surface area contributed by atoms with Crippen LogP contribution in [0.3, 0.4) is 0 Å². The van der Waals surface area contributed by atoms with Crippen LogP contribution in [0.25, 0.3) is 0 Å². The molecule has 2 rings (SSSR count). The van der Waals surface area contributed by atoms with Gasteiger partial charge in [-0.3, -0.25) is 4.79 Å². The molecule has 4 heteroatoms. The molecule has 0 bridgehead atoms. The summed E-state index contributed by atoms with van der Waals surface area (Å²) < 4.78 is 13.7. The molecule has 1 aliphatic heterocycles. The number of nitrogens with two attached hydrogens (primary N) is 1. The van der Waals surface area contributed by atoms with Gasteiger partial charge >= 0.3 is 0 Å². The summed E-state index contributed by atoms with van der Waals surface area (Å²) in [7, 11) is 0. The SMILES string of the molecule is CC1CC(C)C(C(N)=O)C(Cc2ccccc2F)N1. The average molecular weight is 264 g/mol. The van der Waals surface area contributed by atoms with Gasteiger partial charge in [0.25, 0.3) is 0 Å². The summed E-state index contributed by atoms with van der Waals surface area (Å²) in [6, 6.07) is 6.93. The molecule has 3 nitrogen and oxygen atoms in total. The largest absolute Gasteiger partial charge is 0.369 e. The Morgan fingerprint density at radius 3 is 2.74 bits per heavy atom. The summed E-state index contributed by atoms with van der Waals surface area (Å²) in [5.74, 6) is -0.534.